The number of aldehydes is 1. The number of rotatable bonds is 5. The lowest BCUT2D eigenvalue weighted by atomic mass is 10.2. The van der Waals surface area contributed by atoms with Gasteiger partial charge in [-0.05, 0) is 19.4 Å². The summed E-state index contributed by atoms with van der Waals surface area (Å²) < 4.78 is 0. The summed E-state index contributed by atoms with van der Waals surface area (Å²) in [6.07, 6.45) is 2.25. The smallest absolute Gasteiger partial charge is 0.195 e. The molecule has 0 aliphatic carbocycles. The largest absolute Gasteiger partial charge is 0.330 e. The van der Waals surface area contributed by atoms with Gasteiger partial charge in [-0.3, -0.25) is 9.59 Å². The molecule has 2 N–H and O–H groups in total. The van der Waals surface area contributed by atoms with Gasteiger partial charge in [-0.15, -0.1) is 0 Å². The van der Waals surface area contributed by atoms with Crippen molar-refractivity contribution >= 4 is 12.1 Å². The lowest BCUT2D eigenvalue weighted by Gasteiger charge is -1.90. The first-order valence-corrected chi connectivity index (χ1v) is 2.99. The van der Waals surface area contributed by atoms with E-state index in [4.69, 9.17) is 5.73 Å². The van der Waals surface area contributed by atoms with Gasteiger partial charge in [0.1, 0.15) is 0 Å². The van der Waals surface area contributed by atoms with Gasteiger partial charge >= 0.3 is 0 Å². The summed E-state index contributed by atoms with van der Waals surface area (Å²) in [5, 5.41) is 0. The molecule has 0 aromatic rings. The number of hydrogen-bond donors (Lipinski definition) is 1. The van der Waals surface area contributed by atoms with Gasteiger partial charge in [-0.25, -0.2) is 0 Å². The van der Waals surface area contributed by atoms with Crippen molar-refractivity contribution < 1.29 is 9.59 Å². The Hall–Kier alpha value is -0.700. The van der Waals surface area contributed by atoms with Gasteiger partial charge < -0.3 is 5.73 Å². The average molecular weight is 129 g/mol. The van der Waals surface area contributed by atoms with Crippen molar-refractivity contribution in [1.82, 2.24) is 0 Å². The number of carbonyl (C=O) groups excluding carboxylic acids is 2. The first-order chi connectivity index (χ1) is 4.31. The molecule has 0 bridgehead atoms. The topological polar surface area (TPSA) is 60.2 Å². The zero-order valence-electron chi connectivity index (χ0n) is 5.30. The highest BCUT2D eigenvalue weighted by Crippen LogP contribution is 1.91. The van der Waals surface area contributed by atoms with Crippen molar-refractivity contribution in [3.05, 3.63) is 0 Å². The summed E-state index contributed by atoms with van der Waals surface area (Å²) in [7, 11) is 0. The van der Waals surface area contributed by atoms with Crippen LogP contribution in [0.2, 0.25) is 0 Å². The minimum atomic E-state index is -0.330. The van der Waals surface area contributed by atoms with Gasteiger partial charge in [0.2, 0.25) is 0 Å². The Bertz CT molecular complexity index is 101. The van der Waals surface area contributed by atoms with Crippen molar-refractivity contribution in [2.45, 2.75) is 19.3 Å². The second-order valence-corrected chi connectivity index (χ2v) is 1.83. The van der Waals surface area contributed by atoms with Crippen LogP contribution in [-0.2, 0) is 9.59 Å². The SMILES string of the molecule is NCCCCC(=O)C=O. The van der Waals surface area contributed by atoms with Crippen molar-refractivity contribution in [1.29, 1.82) is 0 Å². The van der Waals surface area contributed by atoms with Crippen LogP contribution in [0.4, 0.5) is 0 Å². The Balaban J connectivity index is 3.07. The molecule has 0 saturated heterocycles. The maximum Gasteiger partial charge on any atom is 0.195 e. The number of ketones is 1. The molecule has 0 radical (unpaired) electrons. The van der Waals surface area contributed by atoms with E-state index in [-0.39, 0.29) is 5.78 Å². The molecule has 52 valence electrons. The molecule has 0 fully saturated rings. The molecule has 3 heteroatoms. The molecule has 0 spiro atoms. The van der Waals surface area contributed by atoms with Gasteiger partial charge in [0.05, 0.1) is 0 Å². The van der Waals surface area contributed by atoms with E-state index in [0.717, 1.165) is 12.8 Å². The molecule has 0 aliphatic rings. The third kappa shape index (κ3) is 5.17. The second-order valence-electron chi connectivity index (χ2n) is 1.83. The van der Waals surface area contributed by atoms with E-state index in [9.17, 15) is 9.59 Å². The summed E-state index contributed by atoms with van der Waals surface area (Å²) in [5.41, 5.74) is 5.16. The zero-order valence-corrected chi connectivity index (χ0v) is 5.30. The number of carbonyl (C=O) groups is 2. The fourth-order valence-corrected chi connectivity index (χ4v) is 0.502. The highest BCUT2D eigenvalue weighted by atomic mass is 16.2. The molecular weight excluding hydrogens is 118 g/mol. The summed E-state index contributed by atoms with van der Waals surface area (Å²) in [6.45, 7) is 0.589. The standard InChI is InChI=1S/C6H11NO2/c7-4-2-1-3-6(9)5-8/h5H,1-4,7H2. The maximum absolute atomic E-state index is 10.3. The van der Waals surface area contributed by atoms with Gasteiger partial charge in [-0.1, -0.05) is 0 Å². The highest BCUT2D eigenvalue weighted by molar-refractivity contribution is 6.24. The summed E-state index contributed by atoms with van der Waals surface area (Å²) >= 11 is 0. The Morgan fingerprint density at radius 1 is 1.44 bits per heavy atom. The summed E-state index contributed by atoms with van der Waals surface area (Å²) in [6, 6.07) is 0. The maximum atomic E-state index is 10.3. The minimum Gasteiger partial charge on any atom is -0.330 e. The average Bonchev–Trinajstić information content (AvgIpc) is 1.89. The molecule has 0 aromatic heterocycles. The van der Waals surface area contributed by atoms with Crippen LogP contribution in [0.1, 0.15) is 19.3 Å². The number of hydrogen-bond acceptors (Lipinski definition) is 3. The zero-order chi connectivity index (χ0) is 7.11. The molecule has 0 aliphatic heterocycles. The quantitative estimate of drug-likeness (QED) is 0.320. The van der Waals surface area contributed by atoms with Crippen molar-refractivity contribution in [2.24, 2.45) is 5.73 Å². The van der Waals surface area contributed by atoms with Gasteiger partial charge in [0, 0.05) is 6.42 Å². The lowest BCUT2D eigenvalue weighted by Crippen LogP contribution is -2.02. The van der Waals surface area contributed by atoms with Crippen LogP contribution >= 0.6 is 0 Å². The molecule has 0 saturated carbocycles. The van der Waals surface area contributed by atoms with Crippen LogP contribution < -0.4 is 5.73 Å². The van der Waals surface area contributed by atoms with Crippen LogP contribution in [0.25, 0.3) is 0 Å². The van der Waals surface area contributed by atoms with Crippen molar-refractivity contribution in [2.75, 3.05) is 6.54 Å². The number of nitrogens with two attached hydrogens (primary N) is 1. The van der Waals surface area contributed by atoms with Crippen LogP contribution in [0.15, 0.2) is 0 Å². The molecule has 0 rings (SSSR count). The van der Waals surface area contributed by atoms with E-state index < -0.39 is 0 Å². The van der Waals surface area contributed by atoms with E-state index in [1.807, 2.05) is 0 Å². The molecule has 0 unspecified atom stereocenters. The van der Waals surface area contributed by atoms with Crippen LogP contribution in [0.3, 0.4) is 0 Å². The number of unbranched alkanes of at least 4 members (excludes halogenated alkanes) is 1. The van der Waals surface area contributed by atoms with E-state index >= 15 is 0 Å². The Kier molecular flexibility index (Phi) is 5.01. The Labute approximate surface area is 54.2 Å². The minimum absolute atomic E-state index is 0.330. The van der Waals surface area contributed by atoms with Crippen LogP contribution in [0.5, 0.6) is 0 Å². The fraction of sp³-hybridized carbons (Fsp3) is 0.667. The fourth-order valence-electron chi connectivity index (χ4n) is 0.502. The van der Waals surface area contributed by atoms with E-state index in [1.165, 1.54) is 0 Å². The van der Waals surface area contributed by atoms with Gasteiger partial charge in [-0.2, -0.15) is 0 Å². The number of Topliss-reactive ketones (excluding diaryl/α,β-unsaturated/α-hetero) is 1. The highest BCUT2D eigenvalue weighted by Gasteiger charge is 1.95. The molecule has 3 nitrogen and oxygen atoms in total. The van der Waals surface area contributed by atoms with E-state index in [0.29, 0.717) is 19.3 Å². The molecule has 0 atom stereocenters. The first-order valence-electron chi connectivity index (χ1n) is 2.99. The van der Waals surface area contributed by atoms with Crippen molar-refractivity contribution in [3.8, 4) is 0 Å². The monoisotopic (exact) mass is 129 g/mol. The summed E-state index contributed by atoms with van der Waals surface area (Å²) in [5.74, 6) is -0.330. The predicted molar refractivity (Wildman–Crippen MR) is 34.0 cm³/mol. The predicted octanol–water partition coefficient (Wildman–Crippen LogP) is -0.117. The molecular formula is C6H11NO2. The molecule has 0 amide bonds. The Morgan fingerprint density at radius 3 is 2.56 bits per heavy atom. The van der Waals surface area contributed by atoms with E-state index in [1.54, 1.807) is 0 Å². The molecule has 0 heterocycles. The van der Waals surface area contributed by atoms with Crippen LogP contribution in [0, 0.1) is 0 Å². The second kappa shape index (κ2) is 5.44. The first kappa shape index (κ1) is 8.30. The Morgan fingerprint density at radius 2 is 2.11 bits per heavy atom. The van der Waals surface area contributed by atoms with Crippen LogP contribution in [-0.4, -0.2) is 18.6 Å². The third-order valence-corrected chi connectivity index (χ3v) is 1.01. The van der Waals surface area contributed by atoms with Crippen molar-refractivity contribution in [3.63, 3.8) is 0 Å². The van der Waals surface area contributed by atoms with E-state index in [2.05, 4.69) is 0 Å². The normalized spacial score (nSPS) is 9.00. The molecule has 9 heavy (non-hydrogen) atoms. The van der Waals surface area contributed by atoms with Gasteiger partial charge in [0.15, 0.2) is 12.1 Å². The molecule has 0 aromatic carbocycles. The lowest BCUT2D eigenvalue weighted by molar-refractivity contribution is -0.129. The third-order valence-electron chi connectivity index (χ3n) is 1.01. The summed E-state index contributed by atoms with van der Waals surface area (Å²) in [4.78, 5) is 20.0. The van der Waals surface area contributed by atoms with Gasteiger partial charge in [0.25, 0.3) is 0 Å².